The minimum absolute atomic E-state index is 0.242. The van der Waals surface area contributed by atoms with Gasteiger partial charge >= 0.3 is 6.18 Å². The Hall–Kier alpha value is -1.08. The maximum Gasteiger partial charge on any atom is 0.417 e. The zero-order chi connectivity index (χ0) is 15.2. The standard InChI is InChI=1S/C13H15BrF3NO2/c1-20-8-9(6-7-14)18-12(19)10-4-2-3-5-11(10)13(15,16)17/h2-5,9H,6-8H2,1H3,(H,18,19). The summed E-state index contributed by atoms with van der Waals surface area (Å²) in [6.45, 7) is 0.242. The quantitative estimate of drug-likeness (QED) is 0.797. The molecule has 0 saturated carbocycles. The number of rotatable bonds is 6. The van der Waals surface area contributed by atoms with Gasteiger partial charge in [0, 0.05) is 12.4 Å². The lowest BCUT2D eigenvalue weighted by atomic mass is 10.1. The van der Waals surface area contributed by atoms with E-state index < -0.39 is 17.6 Å². The van der Waals surface area contributed by atoms with E-state index in [4.69, 9.17) is 4.74 Å². The Labute approximate surface area is 123 Å². The second-order valence-corrected chi connectivity index (χ2v) is 4.94. The molecule has 0 aliphatic heterocycles. The maximum atomic E-state index is 12.8. The summed E-state index contributed by atoms with van der Waals surface area (Å²) in [5, 5.41) is 3.17. The smallest absolute Gasteiger partial charge is 0.383 e. The summed E-state index contributed by atoms with van der Waals surface area (Å²) in [6, 6.07) is 4.37. The number of amides is 1. The van der Waals surface area contributed by atoms with Crippen LogP contribution in [0.2, 0.25) is 0 Å². The van der Waals surface area contributed by atoms with Gasteiger partial charge in [-0.15, -0.1) is 0 Å². The van der Waals surface area contributed by atoms with E-state index >= 15 is 0 Å². The molecule has 1 aromatic rings. The van der Waals surface area contributed by atoms with Gasteiger partial charge in [-0.2, -0.15) is 13.2 Å². The van der Waals surface area contributed by atoms with E-state index in [0.29, 0.717) is 11.8 Å². The molecule has 1 amide bonds. The molecule has 0 aliphatic carbocycles. The van der Waals surface area contributed by atoms with Gasteiger partial charge in [0.05, 0.1) is 23.8 Å². The third-order valence-corrected chi connectivity index (χ3v) is 3.10. The fourth-order valence-corrected chi connectivity index (χ4v) is 2.27. The van der Waals surface area contributed by atoms with Gasteiger partial charge in [0.2, 0.25) is 0 Å². The van der Waals surface area contributed by atoms with Gasteiger partial charge in [-0.05, 0) is 18.6 Å². The van der Waals surface area contributed by atoms with Crippen LogP contribution in [0.3, 0.4) is 0 Å². The van der Waals surface area contributed by atoms with Crippen LogP contribution in [-0.2, 0) is 10.9 Å². The summed E-state index contributed by atoms with van der Waals surface area (Å²) in [5.41, 5.74) is -1.32. The largest absolute Gasteiger partial charge is 0.417 e. The molecule has 0 radical (unpaired) electrons. The van der Waals surface area contributed by atoms with E-state index in [1.807, 2.05) is 0 Å². The molecule has 3 nitrogen and oxygen atoms in total. The summed E-state index contributed by atoms with van der Waals surface area (Å²) in [7, 11) is 1.47. The van der Waals surface area contributed by atoms with Gasteiger partial charge in [0.1, 0.15) is 0 Å². The van der Waals surface area contributed by atoms with Crippen LogP contribution in [0.4, 0.5) is 13.2 Å². The first-order valence-corrected chi connectivity index (χ1v) is 7.04. The second-order valence-electron chi connectivity index (χ2n) is 4.15. The van der Waals surface area contributed by atoms with Crippen molar-refractivity contribution in [2.24, 2.45) is 0 Å². The van der Waals surface area contributed by atoms with E-state index in [1.165, 1.54) is 19.2 Å². The van der Waals surface area contributed by atoms with Crippen molar-refractivity contribution in [1.82, 2.24) is 5.32 Å². The minimum Gasteiger partial charge on any atom is -0.383 e. The van der Waals surface area contributed by atoms with Crippen LogP contribution < -0.4 is 5.32 Å². The van der Waals surface area contributed by atoms with Crippen molar-refractivity contribution in [3.05, 3.63) is 35.4 Å². The van der Waals surface area contributed by atoms with E-state index in [-0.39, 0.29) is 18.2 Å². The molecule has 1 rings (SSSR count). The van der Waals surface area contributed by atoms with Crippen LogP contribution >= 0.6 is 15.9 Å². The Bertz CT molecular complexity index is 445. The molecule has 0 aliphatic rings. The van der Waals surface area contributed by atoms with Gasteiger partial charge in [-0.3, -0.25) is 4.79 Å². The predicted molar refractivity (Wildman–Crippen MR) is 73.0 cm³/mol. The lowest BCUT2D eigenvalue weighted by Crippen LogP contribution is -2.39. The number of benzene rings is 1. The van der Waals surface area contributed by atoms with Gasteiger partial charge < -0.3 is 10.1 Å². The summed E-state index contributed by atoms with van der Waals surface area (Å²) >= 11 is 3.23. The lowest BCUT2D eigenvalue weighted by molar-refractivity contribution is -0.137. The number of carbonyl (C=O) groups is 1. The molecule has 7 heteroatoms. The minimum atomic E-state index is -4.56. The normalized spacial score (nSPS) is 13.1. The Morgan fingerprint density at radius 3 is 2.60 bits per heavy atom. The van der Waals surface area contributed by atoms with Crippen LogP contribution in [0.1, 0.15) is 22.3 Å². The average Bonchev–Trinajstić information content (AvgIpc) is 2.38. The molecular formula is C13H15BrF3NO2. The van der Waals surface area contributed by atoms with Crippen molar-refractivity contribution >= 4 is 21.8 Å². The average molecular weight is 354 g/mol. The second kappa shape index (κ2) is 7.64. The van der Waals surface area contributed by atoms with E-state index in [2.05, 4.69) is 21.2 Å². The molecule has 1 aromatic carbocycles. The van der Waals surface area contributed by atoms with E-state index in [1.54, 1.807) is 0 Å². The van der Waals surface area contributed by atoms with Gasteiger partial charge in [0.15, 0.2) is 0 Å². The lowest BCUT2D eigenvalue weighted by Gasteiger charge is -2.18. The Morgan fingerprint density at radius 2 is 2.05 bits per heavy atom. The SMILES string of the molecule is COCC(CCBr)NC(=O)c1ccccc1C(F)(F)F. The molecule has 0 aromatic heterocycles. The number of alkyl halides is 4. The maximum absolute atomic E-state index is 12.8. The number of hydrogen-bond acceptors (Lipinski definition) is 2. The molecule has 0 spiro atoms. The first-order chi connectivity index (χ1) is 9.40. The molecule has 1 unspecified atom stereocenters. The Balaban J connectivity index is 2.92. The molecule has 1 atom stereocenters. The number of halogens is 4. The van der Waals surface area contributed by atoms with Crippen molar-refractivity contribution < 1.29 is 22.7 Å². The van der Waals surface area contributed by atoms with Crippen LogP contribution in [0, 0.1) is 0 Å². The van der Waals surface area contributed by atoms with Gasteiger partial charge in [-0.25, -0.2) is 0 Å². The molecule has 20 heavy (non-hydrogen) atoms. The summed E-state index contributed by atoms with van der Waals surface area (Å²) < 4.78 is 43.4. The third-order valence-electron chi connectivity index (χ3n) is 2.64. The third kappa shape index (κ3) is 4.79. The first kappa shape index (κ1) is 17.0. The van der Waals surface area contributed by atoms with E-state index in [0.717, 1.165) is 12.1 Å². The molecule has 0 saturated heterocycles. The number of hydrogen-bond donors (Lipinski definition) is 1. The Kier molecular flexibility index (Phi) is 6.48. The monoisotopic (exact) mass is 353 g/mol. The first-order valence-electron chi connectivity index (χ1n) is 5.92. The van der Waals surface area contributed by atoms with Crippen molar-refractivity contribution in [3.8, 4) is 0 Å². The summed E-state index contributed by atoms with van der Waals surface area (Å²) in [4.78, 5) is 12.0. The highest BCUT2D eigenvalue weighted by atomic mass is 79.9. The van der Waals surface area contributed by atoms with Crippen molar-refractivity contribution in [2.75, 3.05) is 19.0 Å². The molecule has 0 heterocycles. The molecular weight excluding hydrogens is 339 g/mol. The zero-order valence-electron chi connectivity index (χ0n) is 10.8. The molecule has 0 bridgehead atoms. The number of ether oxygens (including phenoxy) is 1. The Morgan fingerprint density at radius 1 is 1.40 bits per heavy atom. The topological polar surface area (TPSA) is 38.3 Å². The molecule has 1 N–H and O–H groups in total. The molecule has 112 valence electrons. The zero-order valence-corrected chi connectivity index (χ0v) is 12.4. The van der Waals surface area contributed by atoms with E-state index in [9.17, 15) is 18.0 Å². The summed E-state index contributed by atoms with van der Waals surface area (Å²) in [6.07, 6.45) is -3.99. The van der Waals surface area contributed by atoms with Crippen molar-refractivity contribution in [3.63, 3.8) is 0 Å². The van der Waals surface area contributed by atoms with Gasteiger partial charge in [0.25, 0.3) is 5.91 Å². The highest BCUT2D eigenvalue weighted by Gasteiger charge is 2.35. The number of carbonyl (C=O) groups excluding carboxylic acids is 1. The summed E-state index contributed by atoms with van der Waals surface area (Å²) in [5.74, 6) is -0.749. The fraction of sp³-hybridized carbons (Fsp3) is 0.462. The number of methoxy groups -OCH3 is 1. The van der Waals surface area contributed by atoms with Crippen molar-refractivity contribution in [1.29, 1.82) is 0 Å². The highest BCUT2D eigenvalue weighted by Crippen LogP contribution is 2.31. The molecule has 0 fully saturated rings. The van der Waals surface area contributed by atoms with Crippen molar-refractivity contribution in [2.45, 2.75) is 18.6 Å². The van der Waals surface area contributed by atoms with Crippen LogP contribution in [0.15, 0.2) is 24.3 Å². The van der Waals surface area contributed by atoms with Crippen LogP contribution in [0.25, 0.3) is 0 Å². The van der Waals surface area contributed by atoms with Crippen LogP contribution in [0.5, 0.6) is 0 Å². The predicted octanol–water partition coefficient (Wildman–Crippen LogP) is 3.24. The van der Waals surface area contributed by atoms with Crippen LogP contribution in [-0.4, -0.2) is 31.0 Å². The fourth-order valence-electron chi connectivity index (χ4n) is 1.72. The number of nitrogens with one attached hydrogen (secondary N) is 1. The van der Waals surface area contributed by atoms with Gasteiger partial charge in [-0.1, -0.05) is 28.1 Å². The highest BCUT2D eigenvalue weighted by molar-refractivity contribution is 9.09.